The second-order valence-corrected chi connectivity index (χ2v) is 5.95. The Morgan fingerprint density at radius 3 is 2.50 bits per heavy atom. The molecule has 0 bridgehead atoms. The number of amides is 1. The van der Waals surface area contributed by atoms with Gasteiger partial charge in [-0.2, -0.15) is 0 Å². The highest BCUT2D eigenvalue weighted by molar-refractivity contribution is 6.46. The number of aliphatic hydroxyl groups is 1. The monoisotopic (exact) mass is 353 g/mol. The summed E-state index contributed by atoms with van der Waals surface area (Å²) in [6.45, 7) is 0.431. The summed E-state index contributed by atoms with van der Waals surface area (Å²) in [4.78, 5) is 26.5. The van der Waals surface area contributed by atoms with E-state index in [1.165, 1.54) is 24.1 Å². The molecule has 134 valence electrons. The van der Waals surface area contributed by atoms with E-state index in [9.17, 15) is 19.8 Å². The lowest BCUT2D eigenvalue weighted by Gasteiger charge is -2.25. The standard InChI is InChI=1S/C20H19NO5/c1-26-11-10-21-17(14-8-5-9-15(22)12-14)16(19(24)20(21)25)18(23)13-6-3-2-4-7-13/h2-9,12,17,22-23H,10-11H2,1H3. The number of aromatic hydroxyl groups is 1. The van der Waals surface area contributed by atoms with Crippen LogP contribution >= 0.6 is 0 Å². The third-order valence-corrected chi connectivity index (χ3v) is 4.31. The zero-order valence-electron chi connectivity index (χ0n) is 14.3. The fourth-order valence-corrected chi connectivity index (χ4v) is 3.09. The largest absolute Gasteiger partial charge is 0.508 e. The molecule has 1 heterocycles. The molecule has 26 heavy (non-hydrogen) atoms. The molecule has 6 nitrogen and oxygen atoms in total. The Labute approximate surface area is 150 Å². The van der Waals surface area contributed by atoms with Gasteiger partial charge in [0.05, 0.1) is 18.2 Å². The molecule has 2 aromatic carbocycles. The quantitative estimate of drug-likeness (QED) is 0.490. The Hall–Kier alpha value is -3.12. The number of methoxy groups -OCH3 is 1. The number of ketones is 1. The van der Waals surface area contributed by atoms with Crippen molar-refractivity contribution >= 4 is 17.4 Å². The molecule has 0 aliphatic carbocycles. The van der Waals surface area contributed by atoms with Crippen LogP contribution in [0.3, 0.4) is 0 Å². The minimum Gasteiger partial charge on any atom is -0.508 e. The second-order valence-electron chi connectivity index (χ2n) is 5.95. The number of hydrogen-bond donors (Lipinski definition) is 2. The first-order valence-corrected chi connectivity index (χ1v) is 8.16. The first-order valence-electron chi connectivity index (χ1n) is 8.16. The SMILES string of the molecule is COCCN1C(=O)C(=O)C(=C(O)c2ccccc2)C1c1cccc(O)c1. The van der Waals surface area contributed by atoms with Gasteiger partial charge >= 0.3 is 0 Å². The van der Waals surface area contributed by atoms with E-state index in [1.54, 1.807) is 42.5 Å². The van der Waals surface area contributed by atoms with Crippen molar-refractivity contribution in [1.82, 2.24) is 4.90 Å². The van der Waals surface area contributed by atoms with Gasteiger partial charge in [-0.15, -0.1) is 0 Å². The van der Waals surface area contributed by atoms with Crippen molar-refractivity contribution in [3.8, 4) is 5.75 Å². The molecule has 1 aliphatic rings. The van der Waals surface area contributed by atoms with Crippen molar-refractivity contribution in [1.29, 1.82) is 0 Å². The highest BCUT2D eigenvalue weighted by atomic mass is 16.5. The van der Waals surface area contributed by atoms with Crippen LogP contribution in [0.4, 0.5) is 0 Å². The predicted molar refractivity (Wildman–Crippen MR) is 95.4 cm³/mol. The average Bonchev–Trinajstić information content (AvgIpc) is 2.91. The number of hydrogen-bond acceptors (Lipinski definition) is 5. The molecule has 0 radical (unpaired) electrons. The van der Waals surface area contributed by atoms with E-state index >= 15 is 0 Å². The summed E-state index contributed by atoms with van der Waals surface area (Å²) in [6.07, 6.45) is 0. The molecule has 0 saturated carbocycles. The summed E-state index contributed by atoms with van der Waals surface area (Å²) < 4.78 is 5.04. The molecule has 1 saturated heterocycles. The Morgan fingerprint density at radius 1 is 1.12 bits per heavy atom. The molecule has 2 N–H and O–H groups in total. The van der Waals surface area contributed by atoms with E-state index in [0.29, 0.717) is 11.1 Å². The molecule has 1 amide bonds. The van der Waals surface area contributed by atoms with Gasteiger partial charge in [-0.3, -0.25) is 9.59 Å². The molecule has 1 fully saturated rings. The lowest BCUT2D eigenvalue weighted by atomic mass is 9.95. The fraction of sp³-hybridized carbons (Fsp3) is 0.200. The normalized spacial score (nSPS) is 19.1. The molecule has 0 aromatic heterocycles. The third-order valence-electron chi connectivity index (χ3n) is 4.31. The minimum absolute atomic E-state index is 0.00269. The van der Waals surface area contributed by atoms with E-state index in [0.717, 1.165) is 0 Å². The van der Waals surface area contributed by atoms with E-state index < -0.39 is 17.7 Å². The highest BCUT2D eigenvalue weighted by Crippen LogP contribution is 2.39. The van der Waals surface area contributed by atoms with Gasteiger partial charge in [-0.1, -0.05) is 42.5 Å². The molecule has 3 rings (SSSR count). The van der Waals surface area contributed by atoms with Gasteiger partial charge < -0.3 is 19.8 Å². The first kappa shape index (κ1) is 17.7. The van der Waals surface area contributed by atoms with Crippen LogP contribution in [0.25, 0.3) is 5.76 Å². The van der Waals surface area contributed by atoms with Gasteiger partial charge in [0.1, 0.15) is 11.5 Å². The molecule has 0 spiro atoms. The predicted octanol–water partition coefficient (Wildman–Crippen LogP) is 2.46. The number of likely N-dealkylation sites (tertiary alicyclic amines) is 1. The number of rotatable bonds is 5. The number of carbonyl (C=O) groups excluding carboxylic acids is 2. The van der Waals surface area contributed by atoms with Crippen molar-refractivity contribution in [3.63, 3.8) is 0 Å². The number of phenolic OH excluding ortho intramolecular Hbond substituents is 1. The van der Waals surface area contributed by atoms with Crippen molar-refractivity contribution < 1.29 is 24.5 Å². The van der Waals surface area contributed by atoms with Crippen LogP contribution in [-0.2, 0) is 14.3 Å². The smallest absolute Gasteiger partial charge is 0.295 e. The summed E-state index contributed by atoms with van der Waals surface area (Å²) in [5, 5.41) is 20.6. The number of nitrogens with zero attached hydrogens (tertiary/aromatic N) is 1. The summed E-state index contributed by atoms with van der Waals surface area (Å²) in [7, 11) is 1.50. The van der Waals surface area contributed by atoms with Crippen LogP contribution in [0.15, 0.2) is 60.2 Å². The average molecular weight is 353 g/mol. The first-order chi connectivity index (χ1) is 12.5. The van der Waals surface area contributed by atoms with Crippen LogP contribution < -0.4 is 0 Å². The van der Waals surface area contributed by atoms with E-state index in [4.69, 9.17) is 4.74 Å². The number of aliphatic hydroxyl groups excluding tert-OH is 1. The second kappa shape index (κ2) is 7.41. The molecule has 1 aliphatic heterocycles. The Bertz CT molecular complexity index is 860. The summed E-state index contributed by atoms with van der Waals surface area (Å²) in [5.74, 6) is -1.68. The van der Waals surface area contributed by atoms with Crippen LogP contribution in [0.1, 0.15) is 17.2 Å². The van der Waals surface area contributed by atoms with E-state index in [1.807, 2.05) is 0 Å². The minimum atomic E-state index is -0.794. The van der Waals surface area contributed by atoms with Gasteiger partial charge in [0.25, 0.3) is 11.7 Å². The number of Topliss-reactive ketones (excluding diaryl/α,β-unsaturated/α-hetero) is 1. The van der Waals surface area contributed by atoms with Gasteiger partial charge in [0.2, 0.25) is 0 Å². The zero-order valence-corrected chi connectivity index (χ0v) is 14.3. The maximum atomic E-state index is 12.6. The number of carbonyl (C=O) groups is 2. The maximum Gasteiger partial charge on any atom is 0.295 e. The molecular formula is C20H19NO5. The summed E-state index contributed by atoms with van der Waals surface area (Å²) in [5.41, 5.74) is 0.989. The van der Waals surface area contributed by atoms with Crippen molar-refractivity contribution in [3.05, 3.63) is 71.3 Å². The summed E-state index contributed by atoms with van der Waals surface area (Å²) in [6, 6.07) is 14.1. The summed E-state index contributed by atoms with van der Waals surface area (Å²) >= 11 is 0. The zero-order chi connectivity index (χ0) is 18.7. The Balaban J connectivity index is 2.16. The molecule has 1 unspecified atom stereocenters. The molecular weight excluding hydrogens is 334 g/mol. The van der Waals surface area contributed by atoms with Gasteiger partial charge in [-0.25, -0.2) is 0 Å². The Kier molecular flexibility index (Phi) is 5.04. The number of phenols is 1. The van der Waals surface area contributed by atoms with Gasteiger partial charge in [-0.05, 0) is 17.7 Å². The highest BCUT2D eigenvalue weighted by Gasteiger charge is 2.45. The van der Waals surface area contributed by atoms with E-state index in [2.05, 4.69) is 0 Å². The van der Waals surface area contributed by atoms with E-state index in [-0.39, 0.29) is 30.2 Å². The van der Waals surface area contributed by atoms with Crippen LogP contribution in [0.2, 0.25) is 0 Å². The topological polar surface area (TPSA) is 87.1 Å². The van der Waals surface area contributed by atoms with Crippen molar-refractivity contribution in [2.45, 2.75) is 6.04 Å². The van der Waals surface area contributed by atoms with Gasteiger partial charge in [0, 0.05) is 19.2 Å². The molecule has 2 aromatic rings. The Morgan fingerprint density at radius 2 is 1.85 bits per heavy atom. The van der Waals surface area contributed by atoms with Crippen LogP contribution in [0.5, 0.6) is 5.75 Å². The van der Waals surface area contributed by atoms with Crippen molar-refractivity contribution in [2.24, 2.45) is 0 Å². The van der Waals surface area contributed by atoms with Gasteiger partial charge in [0.15, 0.2) is 0 Å². The maximum absolute atomic E-state index is 12.6. The number of benzene rings is 2. The van der Waals surface area contributed by atoms with Crippen LogP contribution in [0, 0.1) is 0 Å². The van der Waals surface area contributed by atoms with Crippen molar-refractivity contribution in [2.75, 3.05) is 20.3 Å². The molecule has 6 heteroatoms. The lowest BCUT2D eigenvalue weighted by Crippen LogP contribution is -2.32. The van der Waals surface area contributed by atoms with Crippen LogP contribution in [-0.4, -0.2) is 47.1 Å². The third kappa shape index (κ3) is 3.19. The fourth-order valence-electron chi connectivity index (χ4n) is 3.09. The molecule has 1 atom stereocenters. The lowest BCUT2D eigenvalue weighted by molar-refractivity contribution is -0.140. The number of ether oxygens (including phenoxy) is 1.